The number of anilines is 1. The van der Waals surface area contributed by atoms with Crippen LogP contribution in [0.1, 0.15) is 15.9 Å². The molecule has 0 aliphatic heterocycles. The Hall–Kier alpha value is -2.46. The molecule has 4 nitrogen and oxygen atoms in total. The van der Waals surface area contributed by atoms with Crippen molar-refractivity contribution < 1.29 is 4.79 Å². The maximum absolute atomic E-state index is 12.3. The van der Waals surface area contributed by atoms with Gasteiger partial charge in [0.25, 0.3) is 5.91 Å². The van der Waals surface area contributed by atoms with Crippen molar-refractivity contribution in [1.29, 1.82) is 0 Å². The zero-order valence-corrected chi connectivity index (χ0v) is 12.1. The lowest BCUT2D eigenvalue weighted by Gasteiger charge is -2.09. The van der Waals surface area contributed by atoms with Crippen LogP contribution >= 0.6 is 11.6 Å². The lowest BCUT2D eigenvalue weighted by atomic mass is 10.1. The Morgan fingerprint density at radius 2 is 1.81 bits per heavy atom. The van der Waals surface area contributed by atoms with E-state index in [-0.39, 0.29) is 5.91 Å². The monoisotopic (exact) mass is 297 g/mol. The summed E-state index contributed by atoms with van der Waals surface area (Å²) in [7, 11) is 0. The van der Waals surface area contributed by atoms with E-state index in [2.05, 4.69) is 15.3 Å². The van der Waals surface area contributed by atoms with E-state index in [9.17, 15) is 4.79 Å². The molecule has 1 amide bonds. The highest BCUT2D eigenvalue weighted by molar-refractivity contribution is 6.31. The molecule has 3 rings (SSSR count). The highest BCUT2D eigenvalue weighted by Gasteiger charge is 2.09. The van der Waals surface area contributed by atoms with Crippen LogP contribution in [-0.4, -0.2) is 15.9 Å². The van der Waals surface area contributed by atoms with Crippen LogP contribution in [0.2, 0.25) is 5.02 Å². The molecule has 1 N–H and O–H groups in total. The molecule has 104 valence electrons. The number of fused-ring (bicyclic) bond motifs is 1. The number of hydrogen-bond acceptors (Lipinski definition) is 3. The van der Waals surface area contributed by atoms with Crippen molar-refractivity contribution in [3.63, 3.8) is 0 Å². The SMILES string of the molecule is Cc1ccc(Cl)cc1NC(=O)c1ccc2nccnc2c1. The van der Waals surface area contributed by atoms with Crippen LogP contribution in [0.3, 0.4) is 0 Å². The quantitative estimate of drug-likeness (QED) is 0.782. The Bertz CT molecular complexity index is 833. The summed E-state index contributed by atoms with van der Waals surface area (Å²) >= 11 is 5.95. The van der Waals surface area contributed by atoms with Gasteiger partial charge in [0.1, 0.15) is 0 Å². The second-order valence-electron chi connectivity index (χ2n) is 4.67. The molecule has 1 aromatic heterocycles. The van der Waals surface area contributed by atoms with Crippen molar-refractivity contribution in [2.24, 2.45) is 0 Å². The number of amides is 1. The summed E-state index contributed by atoms with van der Waals surface area (Å²) in [5.41, 5.74) is 3.63. The molecule has 0 unspecified atom stereocenters. The molecular formula is C16H12ClN3O. The molecule has 5 heteroatoms. The van der Waals surface area contributed by atoms with Crippen LogP contribution in [0.25, 0.3) is 11.0 Å². The fourth-order valence-corrected chi connectivity index (χ4v) is 2.20. The van der Waals surface area contributed by atoms with Crippen molar-refractivity contribution in [1.82, 2.24) is 9.97 Å². The largest absolute Gasteiger partial charge is 0.322 e. The van der Waals surface area contributed by atoms with Gasteiger partial charge in [-0.25, -0.2) is 0 Å². The van der Waals surface area contributed by atoms with E-state index in [4.69, 9.17) is 11.6 Å². The summed E-state index contributed by atoms with van der Waals surface area (Å²) in [5.74, 6) is -0.201. The van der Waals surface area contributed by atoms with E-state index in [1.165, 1.54) is 0 Å². The summed E-state index contributed by atoms with van der Waals surface area (Å²) in [5, 5.41) is 3.44. The maximum atomic E-state index is 12.3. The van der Waals surface area contributed by atoms with Crippen LogP contribution in [0.15, 0.2) is 48.8 Å². The Kier molecular flexibility index (Phi) is 3.54. The molecule has 0 atom stereocenters. The van der Waals surface area contributed by atoms with Crippen LogP contribution < -0.4 is 5.32 Å². The fraction of sp³-hybridized carbons (Fsp3) is 0.0625. The van der Waals surface area contributed by atoms with Crippen LogP contribution in [0.4, 0.5) is 5.69 Å². The Morgan fingerprint density at radius 1 is 1.05 bits per heavy atom. The number of rotatable bonds is 2. The molecule has 0 saturated carbocycles. The predicted molar refractivity (Wildman–Crippen MR) is 83.7 cm³/mol. The number of benzene rings is 2. The number of aromatic nitrogens is 2. The summed E-state index contributed by atoms with van der Waals surface area (Å²) < 4.78 is 0. The first-order valence-electron chi connectivity index (χ1n) is 6.42. The first-order chi connectivity index (χ1) is 10.1. The summed E-state index contributed by atoms with van der Waals surface area (Å²) in [6.07, 6.45) is 3.22. The zero-order valence-electron chi connectivity index (χ0n) is 11.3. The highest BCUT2D eigenvalue weighted by Crippen LogP contribution is 2.21. The molecule has 2 aromatic carbocycles. The van der Waals surface area contributed by atoms with Crippen molar-refractivity contribution in [2.75, 3.05) is 5.32 Å². The number of hydrogen-bond donors (Lipinski definition) is 1. The van der Waals surface area contributed by atoms with Crippen molar-refractivity contribution >= 4 is 34.2 Å². The Morgan fingerprint density at radius 3 is 2.62 bits per heavy atom. The van der Waals surface area contributed by atoms with Gasteiger partial charge in [0.15, 0.2) is 0 Å². The molecule has 1 heterocycles. The number of halogens is 1. The minimum Gasteiger partial charge on any atom is -0.322 e. The summed E-state index contributed by atoms with van der Waals surface area (Å²) in [4.78, 5) is 20.7. The average Bonchev–Trinajstić information content (AvgIpc) is 2.50. The minimum absolute atomic E-state index is 0.201. The van der Waals surface area contributed by atoms with E-state index < -0.39 is 0 Å². The third-order valence-electron chi connectivity index (χ3n) is 3.18. The Balaban J connectivity index is 1.91. The second-order valence-corrected chi connectivity index (χ2v) is 5.11. The molecule has 0 aliphatic carbocycles. The Labute approximate surface area is 126 Å². The molecule has 0 aliphatic rings. The topological polar surface area (TPSA) is 54.9 Å². The van der Waals surface area contributed by atoms with E-state index >= 15 is 0 Å². The van der Waals surface area contributed by atoms with Crippen molar-refractivity contribution in [2.45, 2.75) is 6.92 Å². The van der Waals surface area contributed by atoms with Crippen molar-refractivity contribution in [3.8, 4) is 0 Å². The van der Waals surface area contributed by atoms with Gasteiger partial charge in [-0.3, -0.25) is 14.8 Å². The standard InChI is InChI=1S/C16H12ClN3O/c1-10-2-4-12(17)9-14(10)20-16(21)11-3-5-13-15(8-11)19-7-6-18-13/h2-9H,1H3,(H,20,21). The number of carbonyl (C=O) groups is 1. The molecule has 21 heavy (non-hydrogen) atoms. The maximum Gasteiger partial charge on any atom is 0.255 e. The summed E-state index contributed by atoms with van der Waals surface area (Å²) in [6.45, 7) is 1.91. The second kappa shape index (κ2) is 5.50. The lowest BCUT2D eigenvalue weighted by Crippen LogP contribution is -2.12. The first-order valence-corrected chi connectivity index (χ1v) is 6.79. The van der Waals surface area contributed by atoms with Gasteiger partial charge in [0.05, 0.1) is 11.0 Å². The lowest BCUT2D eigenvalue weighted by molar-refractivity contribution is 0.102. The number of aryl methyl sites for hydroxylation is 1. The van der Waals surface area contributed by atoms with E-state index in [0.717, 1.165) is 11.1 Å². The van der Waals surface area contributed by atoms with Gasteiger partial charge in [0.2, 0.25) is 0 Å². The van der Waals surface area contributed by atoms with Gasteiger partial charge in [-0.15, -0.1) is 0 Å². The van der Waals surface area contributed by atoms with Gasteiger partial charge >= 0.3 is 0 Å². The van der Waals surface area contributed by atoms with E-state index in [1.54, 1.807) is 42.7 Å². The fourth-order valence-electron chi connectivity index (χ4n) is 2.03. The van der Waals surface area contributed by atoms with Gasteiger partial charge in [-0.05, 0) is 42.8 Å². The third kappa shape index (κ3) is 2.85. The summed E-state index contributed by atoms with van der Waals surface area (Å²) in [6, 6.07) is 10.6. The molecule has 0 saturated heterocycles. The van der Waals surface area contributed by atoms with E-state index in [1.807, 2.05) is 13.0 Å². The molecule has 0 bridgehead atoms. The van der Waals surface area contributed by atoms with Crippen LogP contribution in [0.5, 0.6) is 0 Å². The smallest absolute Gasteiger partial charge is 0.255 e. The third-order valence-corrected chi connectivity index (χ3v) is 3.41. The number of carbonyl (C=O) groups excluding carboxylic acids is 1. The molecule has 0 spiro atoms. The normalized spacial score (nSPS) is 10.6. The van der Waals surface area contributed by atoms with Crippen LogP contribution in [0, 0.1) is 6.92 Å². The minimum atomic E-state index is -0.201. The highest BCUT2D eigenvalue weighted by atomic mass is 35.5. The van der Waals surface area contributed by atoms with Gasteiger partial charge in [-0.2, -0.15) is 0 Å². The molecule has 0 fully saturated rings. The zero-order chi connectivity index (χ0) is 14.8. The predicted octanol–water partition coefficient (Wildman–Crippen LogP) is 3.84. The number of nitrogens with one attached hydrogen (secondary N) is 1. The molecule has 3 aromatic rings. The molecular weight excluding hydrogens is 286 g/mol. The van der Waals surface area contributed by atoms with Crippen molar-refractivity contribution in [3.05, 3.63) is 64.9 Å². The average molecular weight is 298 g/mol. The van der Waals surface area contributed by atoms with Gasteiger partial charge in [0, 0.05) is 28.7 Å². The number of nitrogens with zero attached hydrogens (tertiary/aromatic N) is 2. The van der Waals surface area contributed by atoms with E-state index in [0.29, 0.717) is 21.8 Å². The van der Waals surface area contributed by atoms with Gasteiger partial charge in [-0.1, -0.05) is 17.7 Å². The first kappa shape index (κ1) is 13.5. The molecule has 0 radical (unpaired) electrons. The van der Waals surface area contributed by atoms with Gasteiger partial charge < -0.3 is 5.32 Å². The van der Waals surface area contributed by atoms with Crippen LogP contribution in [-0.2, 0) is 0 Å².